The van der Waals surface area contributed by atoms with Gasteiger partial charge in [-0.3, -0.25) is 9.59 Å². The normalized spacial score (nSPS) is 48.8. The fourth-order valence-corrected chi connectivity index (χ4v) is 10.6. The zero-order valence-electron chi connectivity index (χ0n) is 30.8. The molecule has 12 atom stereocenters. The molecule has 0 spiro atoms. The van der Waals surface area contributed by atoms with Crippen LogP contribution in [0.15, 0.2) is 23.3 Å². The number of thioether (sulfide) groups is 1. The van der Waals surface area contributed by atoms with Gasteiger partial charge in [0, 0.05) is 11.5 Å². The summed E-state index contributed by atoms with van der Waals surface area (Å²) in [6, 6.07) is 0. The van der Waals surface area contributed by atoms with Gasteiger partial charge in [-0.2, -0.15) is 11.8 Å². The molecule has 8 nitrogen and oxygen atoms in total. The van der Waals surface area contributed by atoms with Crippen LogP contribution in [0.5, 0.6) is 0 Å². The molecule has 12 unspecified atom stereocenters. The highest BCUT2D eigenvalue weighted by molar-refractivity contribution is 7.99. The fraction of sp³-hybridized carbons (Fsp3) is 0.850. The van der Waals surface area contributed by atoms with Gasteiger partial charge in [-0.15, -0.1) is 0 Å². The molecule has 0 aromatic carbocycles. The Hall–Kier alpha value is -1.39. The molecule has 4 saturated heterocycles. The average molecular weight is 703 g/mol. The zero-order chi connectivity index (χ0) is 35.2. The minimum atomic E-state index is -1.10. The van der Waals surface area contributed by atoms with Crippen molar-refractivity contribution in [2.75, 3.05) is 11.5 Å². The van der Waals surface area contributed by atoms with E-state index in [2.05, 4.69) is 39.8 Å². The lowest BCUT2D eigenvalue weighted by atomic mass is 9.76. The lowest BCUT2D eigenvalue weighted by Crippen LogP contribution is -2.51. The number of epoxide rings is 2. The molecule has 2 aliphatic carbocycles. The van der Waals surface area contributed by atoms with E-state index < -0.39 is 23.4 Å². The molecule has 0 radical (unpaired) electrons. The molecule has 2 N–H and O–H groups in total. The molecule has 276 valence electrons. The van der Waals surface area contributed by atoms with Crippen LogP contribution in [0.3, 0.4) is 0 Å². The first-order chi connectivity index (χ1) is 23.1. The fourth-order valence-electron chi connectivity index (χ4n) is 9.10. The number of aliphatic hydroxyl groups is 2. The van der Waals surface area contributed by atoms with Gasteiger partial charge in [0.05, 0.1) is 46.4 Å². The van der Waals surface area contributed by atoms with Crippen LogP contribution < -0.4 is 0 Å². The van der Waals surface area contributed by atoms with Crippen LogP contribution in [0.2, 0.25) is 0 Å². The first-order valence-electron chi connectivity index (χ1n) is 19.2. The van der Waals surface area contributed by atoms with E-state index >= 15 is 0 Å². The summed E-state index contributed by atoms with van der Waals surface area (Å²) in [7, 11) is 0. The van der Waals surface area contributed by atoms with Crippen LogP contribution in [0.1, 0.15) is 131 Å². The van der Waals surface area contributed by atoms with Crippen LogP contribution in [-0.2, 0) is 28.5 Å². The SMILES string of the molecule is C/C1=C\CCC(C)(O)C2CC(CCC3(C)OC3CC1)C(CSCC1C(=O)OC3CC1CCC1(C)OC1CC/C(C)=C/CCC3(C)O)C(=O)O2. The maximum Gasteiger partial charge on any atom is 0.310 e. The van der Waals surface area contributed by atoms with Crippen molar-refractivity contribution in [3.63, 3.8) is 0 Å². The van der Waals surface area contributed by atoms with Gasteiger partial charge in [-0.1, -0.05) is 23.3 Å². The molecule has 49 heavy (non-hydrogen) atoms. The average Bonchev–Trinajstić information content (AvgIpc) is 3.90. The Kier molecular flexibility index (Phi) is 11.1. The van der Waals surface area contributed by atoms with Gasteiger partial charge in [0.2, 0.25) is 0 Å². The van der Waals surface area contributed by atoms with E-state index in [-0.39, 0.29) is 59.0 Å². The molecule has 0 amide bonds. The molecular formula is C40H62O8S. The first kappa shape index (κ1) is 37.4. The maximum atomic E-state index is 13.7. The van der Waals surface area contributed by atoms with Crippen molar-refractivity contribution in [3.8, 4) is 0 Å². The summed E-state index contributed by atoms with van der Waals surface area (Å²) in [6.07, 6.45) is 15.1. The second-order valence-corrected chi connectivity index (χ2v) is 18.6. The summed E-state index contributed by atoms with van der Waals surface area (Å²) in [5.41, 5.74) is 0.123. The van der Waals surface area contributed by atoms with Crippen LogP contribution in [0, 0.1) is 23.7 Å². The second-order valence-electron chi connectivity index (χ2n) is 17.5. The molecule has 4 aliphatic heterocycles. The van der Waals surface area contributed by atoms with Crippen LogP contribution in [0.4, 0.5) is 0 Å². The Morgan fingerprint density at radius 1 is 0.653 bits per heavy atom. The molecule has 0 aromatic heterocycles. The topological polar surface area (TPSA) is 118 Å². The van der Waals surface area contributed by atoms with Crippen molar-refractivity contribution in [1.82, 2.24) is 0 Å². The lowest BCUT2D eigenvalue weighted by Gasteiger charge is -2.42. The lowest BCUT2D eigenvalue weighted by molar-refractivity contribution is -0.184. The highest BCUT2D eigenvalue weighted by atomic mass is 32.2. The number of ether oxygens (including phenoxy) is 4. The van der Waals surface area contributed by atoms with Crippen LogP contribution >= 0.6 is 11.8 Å². The number of hydrogen-bond donors (Lipinski definition) is 2. The number of allylic oxidation sites excluding steroid dienone is 4. The quantitative estimate of drug-likeness (QED) is 0.178. The van der Waals surface area contributed by atoms with Gasteiger partial charge in [0.1, 0.15) is 12.2 Å². The summed E-state index contributed by atoms with van der Waals surface area (Å²) >= 11 is 1.65. The van der Waals surface area contributed by atoms with E-state index in [0.717, 1.165) is 64.2 Å². The van der Waals surface area contributed by atoms with E-state index in [4.69, 9.17) is 18.9 Å². The van der Waals surface area contributed by atoms with Crippen molar-refractivity contribution in [3.05, 3.63) is 23.3 Å². The molecule has 0 saturated carbocycles. The van der Waals surface area contributed by atoms with Gasteiger partial charge in [0.15, 0.2) is 0 Å². The summed E-state index contributed by atoms with van der Waals surface area (Å²) in [5, 5.41) is 22.9. The summed E-state index contributed by atoms with van der Waals surface area (Å²) in [6.45, 7) is 12.3. The number of esters is 2. The maximum absolute atomic E-state index is 13.7. The second kappa shape index (κ2) is 14.6. The van der Waals surface area contributed by atoms with E-state index in [1.54, 1.807) is 11.8 Å². The molecule has 6 aliphatic rings. The van der Waals surface area contributed by atoms with E-state index in [1.807, 2.05) is 13.8 Å². The minimum absolute atomic E-state index is 0.0702. The third-order valence-corrected chi connectivity index (χ3v) is 14.4. The monoisotopic (exact) mass is 702 g/mol. The number of fused-ring (bicyclic) bond motifs is 6. The predicted molar refractivity (Wildman–Crippen MR) is 191 cm³/mol. The van der Waals surface area contributed by atoms with Gasteiger partial charge in [-0.25, -0.2) is 0 Å². The molecule has 6 rings (SSSR count). The van der Waals surface area contributed by atoms with Gasteiger partial charge < -0.3 is 29.2 Å². The van der Waals surface area contributed by atoms with Crippen molar-refractivity contribution >= 4 is 23.7 Å². The van der Waals surface area contributed by atoms with Crippen LogP contribution in [0.25, 0.3) is 0 Å². The smallest absolute Gasteiger partial charge is 0.310 e. The van der Waals surface area contributed by atoms with Gasteiger partial charge in [0.25, 0.3) is 0 Å². The number of rotatable bonds is 4. The van der Waals surface area contributed by atoms with E-state index in [1.165, 1.54) is 11.1 Å². The Morgan fingerprint density at radius 3 is 1.47 bits per heavy atom. The third kappa shape index (κ3) is 8.81. The van der Waals surface area contributed by atoms with Crippen molar-refractivity contribution in [2.45, 2.75) is 178 Å². The highest BCUT2D eigenvalue weighted by Gasteiger charge is 2.54. The number of carbonyl (C=O) groups is 2. The third-order valence-electron chi connectivity index (χ3n) is 13.3. The summed E-state index contributed by atoms with van der Waals surface area (Å²) in [5.74, 6) is 0.186. The predicted octanol–water partition coefficient (Wildman–Crippen LogP) is 7.23. The molecule has 0 aromatic rings. The summed E-state index contributed by atoms with van der Waals surface area (Å²) < 4.78 is 24.5. The Bertz CT molecular complexity index is 1190. The first-order valence-corrected chi connectivity index (χ1v) is 20.3. The Labute approximate surface area is 298 Å². The van der Waals surface area contributed by atoms with E-state index in [9.17, 15) is 19.8 Å². The number of carbonyl (C=O) groups excluding carboxylic acids is 2. The van der Waals surface area contributed by atoms with Crippen LogP contribution in [-0.4, -0.2) is 80.5 Å². The minimum Gasteiger partial charge on any atom is -0.459 e. The largest absolute Gasteiger partial charge is 0.459 e. The Morgan fingerprint density at radius 2 is 1.06 bits per heavy atom. The molecular weight excluding hydrogens is 640 g/mol. The molecule has 9 heteroatoms. The number of hydrogen-bond acceptors (Lipinski definition) is 9. The summed E-state index contributed by atoms with van der Waals surface area (Å²) in [4.78, 5) is 27.4. The van der Waals surface area contributed by atoms with Crippen molar-refractivity contribution in [1.29, 1.82) is 0 Å². The Balaban J connectivity index is 1.13. The van der Waals surface area contributed by atoms with Gasteiger partial charge in [-0.05, 0) is 143 Å². The molecule has 4 bridgehead atoms. The van der Waals surface area contributed by atoms with E-state index in [0.29, 0.717) is 37.2 Å². The standard InChI is InChI=1S/C40H62O8S/c1-25-9-7-17-37(3,43)33-21-27(15-19-39(5)31(47-39)13-11-25)29(35(41)45-33)23-49-24-30-28-16-20-40(6)32(48-40)14-12-26(2)10-8-18-38(4,44)34(22-28)46-36(30)42/h9-10,27-34,43-44H,7-8,11-24H2,1-6H3/b25-9+,26-10+. The highest BCUT2D eigenvalue weighted by Crippen LogP contribution is 2.49. The zero-order valence-corrected chi connectivity index (χ0v) is 31.7. The van der Waals surface area contributed by atoms with Gasteiger partial charge >= 0.3 is 11.9 Å². The molecule has 4 heterocycles. The van der Waals surface area contributed by atoms with Crippen molar-refractivity contribution < 1.29 is 38.7 Å². The molecule has 4 fully saturated rings. The van der Waals surface area contributed by atoms with Crippen molar-refractivity contribution in [2.24, 2.45) is 23.7 Å².